The molecule has 0 fully saturated rings. The molecule has 1 aromatic carbocycles. The van der Waals surface area contributed by atoms with Crippen molar-refractivity contribution < 1.29 is 19.7 Å². The molecule has 76 valence electrons. The predicted octanol–water partition coefficient (Wildman–Crippen LogP) is 0.395. The Morgan fingerprint density at radius 1 is 1.57 bits per heavy atom. The first kappa shape index (κ1) is 10.3. The Bertz CT molecular complexity index is 351. The second-order valence-electron chi connectivity index (χ2n) is 2.71. The number of anilines is 1. The first-order chi connectivity index (χ1) is 6.57. The summed E-state index contributed by atoms with van der Waals surface area (Å²) < 4.78 is 4.90. The zero-order valence-corrected chi connectivity index (χ0v) is 7.60. The van der Waals surface area contributed by atoms with Gasteiger partial charge in [0.25, 0.3) is 0 Å². The normalized spacial score (nSPS) is 12.1. The van der Waals surface area contributed by atoms with Gasteiger partial charge >= 0.3 is 5.97 Å². The van der Waals surface area contributed by atoms with Gasteiger partial charge in [0.15, 0.2) is 6.10 Å². The standard InChI is InChI=1S/C9H11NO4/c1-14-8-5(7(11)9(12)13)3-2-4-6(8)10/h2-4,7,11H,10H2,1H3,(H,12,13). The maximum atomic E-state index is 10.5. The fourth-order valence-corrected chi connectivity index (χ4v) is 1.16. The minimum Gasteiger partial charge on any atom is -0.494 e. The highest BCUT2D eigenvalue weighted by molar-refractivity contribution is 5.76. The fourth-order valence-electron chi connectivity index (χ4n) is 1.16. The van der Waals surface area contributed by atoms with Gasteiger partial charge in [0, 0.05) is 5.56 Å². The number of aliphatic carboxylic acids is 1. The number of carboxylic acids is 1. The number of nitrogens with two attached hydrogens (primary N) is 1. The van der Waals surface area contributed by atoms with E-state index in [2.05, 4.69) is 0 Å². The van der Waals surface area contributed by atoms with Gasteiger partial charge in [0.2, 0.25) is 0 Å². The Morgan fingerprint density at radius 3 is 2.71 bits per heavy atom. The lowest BCUT2D eigenvalue weighted by atomic mass is 10.1. The number of carboxylic acid groups (broad SMARTS) is 1. The van der Waals surface area contributed by atoms with Crippen LogP contribution in [-0.2, 0) is 4.79 Å². The molecule has 0 heterocycles. The van der Waals surface area contributed by atoms with Crippen LogP contribution in [0.25, 0.3) is 0 Å². The van der Waals surface area contributed by atoms with Crippen molar-refractivity contribution in [2.45, 2.75) is 6.10 Å². The Hall–Kier alpha value is -1.75. The van der Waals surface area contributed by atoms with Crippen molar-refractivity contribution in [3.05, 3.63) is 23.8 Å². The Balaban J connectivity index is 3.20. The van der Waals surface area contributed by atoms with Gasteiger partial charge in [-0.15, -0.1) is 0 Å². The SMILES string of the molecule is COc1c(N)cccc1C(O)C(=O)O. The zero-order chi connectivity index (χ0) is 10.7. The van der Waals surface area contributed by atoms with Crippen LogP contribution in [0.3, 0.4) is 0 Å². The molecule has 0 saturated heterocycles. The van der Waals surface area contributed by atoms with E-state index < -0.39 is 12.1 Å². The van der Waals surface area contributed by atoms with Crippen LogP contribution < -0.4 is 10.5 Å². The number of hydrogen-bond donors (Lipinski definition) is 3. The lowest BCUT2D eigenvalue weighted by Gasteiger charge is -2.12. The number of ether oxygens (including phenoxy) is 1. The van der Waals surface area contributed by atoms with Crippen LogP contribution in [0.2, 0.25) is 0 Å². The van der Waals surface area contributed by atoms with Crippen molar-refractivity contribution in [2.24, 2.45) is 0 Å². The Morgan fingerprint density at radius 2 is 2.21 bits per heavy atom. The third-order valence-electron chi connectivity index (χ3n) is 1.81. The lowest BCUT2D eigenvalue weighted by Crippen LogP contribution is -2.12. The van der Waals surface area contributed by atoms with E-state index in [0.717, 1.165) is 0 Å². The molecule has 14 heavy (non-hydrogen) atoms. The molecular weight excluding hydrogens is 186 g/mol. The van der Waals surface area contributed by atoms with Crippen molar-refractivity contribution in [3.8, 4) is 5.75 Å². The van der Waals surface area contributed by atoms with Gasteiger partial charge in [-0.05, 0) is 6.07 Å². The maximum Gasteiger partial charge on any atom is 0.337 e. The van der Waals surface area contributed by atoms with E-state index in [9.17, 15) is 9.90 Å². The quantitative estimate of drug-likeness (QED) is 0.610. The number of para-hydroxylation sites is 1. The highest BCUT2D eigenvalue weighted by Gasteiger charge is 2.21. The van der Waals surface area contributed by atoms with Crippen LogP contribution >= 0.6 is 0 Å². The third kappa shape index (κ3) is 1.77. The van der Waals surface area contributed by atoms with Crippen molar-refractivity contribution in [3.63, 3.8) is 0 Å². The predicted molar refractivity (Wildman–Crippen MR) is 50.0 cm³/mol. The number of aliphatic hydroxyl groups is 1. The number of benzene rings is 1. The molecule has 0 aliphatic heterocycles. The number of methoxy groups -OCH3 is 1. The van der Waals surface area contributed by atoms with Gasteiger partial charge in [-0.1, -0.05) is 12.1 Å². The van der Waals surface area contributed by atoms with Crippen LogP contribution in [0.15, 0.2) is 18.2 Å². The van der Waals surface area contributed by atoms with Gasteiger partial charge in [-0.3, -0.25) is 0 Å². The highest BCUT2D eigenvalue weighted by atomic mass is 16.5. The molecule has 0 bridgehead atoms. The van der Waals surface area contributed by atoms with E-state index in [1.165, 1.54) is 13.2 Å². The second-order valence-corrected chi connectivity index (χ2v) is 2.71. The molecule has 0 saturated carbocycles. The zero-order valence-electron chi connectivity index (χ0n) is 7.60. The molecule has 1 aromatic rings. The van der Waals surface area contributed by atoms with E-state index in [0.29, 0.717) is 5.69 Å². The minimum absolute atomic E-state index is 0.153. The van der Waals surface area contributed by atoms with Gasteiger partial charge in [-0.25, -0.2) is 4.79 Å². The molecule has 4 N–H and O–H groups in total. The topological polar surface area (TPSA) is 92.8 Å². The van der Waals surface area contributed by atoms with Crippen LogP contribution in [0.1, 0.15) is 11.7 Å². The summed E-state index contributed by atoms with van der Waals surface area (Å²) in [5.74, 6) is -1.14. The minimum atomic E-state index is -1.62. The van der Waals surface area contributed by atoms with E-state index in [1.807, 2.05) is 0 Å². The Kier molecular flexibility index (Phi) is 2.93. The third-order valence-corrected chi connectivity index (χ3v) is 1.81. The molecule has 0 radical (unpaired) electrons. The molecule has 5 heteroatoms. The van der Waals surface area contributed by atoms with Crippen molar-refractivity contribution >= 4 is 11.7 Å². The molecule has 5 nitrogen and oxygen atoms in total. The van der Waals surface area contributed by atoms with Crippen LogP contribution in [0, 0.1) is 0 Å². The highest BCUT2D eigenvalue weighted by Crippen LogP contribution is 2.30. The molecule has 0 aliphatic rings. The molecule has 1 atom stereocenters. The van der Waals surface area contributed by atoms with Gasteiger partial charge in [0.05, 0.1) is 12.8 Å². The smallest absolute Gasteiger partial charge is 0.337 e. The fraction of sp³-hybridized carbons (Fsp3) is 0.222. The van der Waals surface area contributed by atoms with Gasteiger partial charge < -0.3 is 20.7 Å². The lowest BCUT2D eigenvalue weighted by molar-refractivity contribution is -0.147. The average Bonchev–Trinajstić information content (AvgIpc) is 2.16. The van der Waals surface area contributed by atoms with E-state index in [-0.39, 0.29) is 11.3 Å². The molecule has 1 rings (SSSR count). The molecule has 0 aliphatic carbocycles. The van der Waals surface area contributed by atoms with Crippen molar-refractivity contribution in [2.75, 3.05) is 12.8 Å². The summed E-state index contributed by atoms with van der Waals surface area (Å²) in [5.41, 5.74) is 5.99. The van der Waals surface area contributed by atoms with Crippen LogP contribution in [-0.4, -0.2) is 23.3 Å². The summed E-state index contributed by atoms with van der Waals surface area (Å²) in [7, 11) is 1.36. The van der Waals surface area contributed by atoms with E-state index >= 15 is 0 Å². The summed E-state index contributed by atoms with van der Waals surface area (Å²) in [6.45, 7) is 0. The average molecular weight is 197 g/mol. The molecule has 1 unspecified atom stereocenters. The molecule has 0 spiro atoms. The summed E-state index contributed by atoms with van der Waals surface area (Å²) in [4.78, 5) is 10.5. The maximum absolute atomic E-state index is 10.5. The molecule has 0 amide bonds. The van der Waals surface area contributed by atoms with Crippen molar-refractivity contribution in [1.82, 2.24) is 0 Å². The number of hydrogen-bond acceptors (Lipinski definition) is 4. The summed E-state index contributed by atoms with van der Waals surface area (Å²) >= 11 is 0. The first-order valence-electron chi connectivity index (χ1n) is 3.91. The van der Waals surface area contributed by atoms with Crippen molar-refractivity contribution in [1.29, 1.82) is 0 Å². The Labute approximate surface area is 80.7 Å². The number of carbonyl (C=O) groups is 1. The first-order valence-corrected chi connectivity index (χ1v) is 3.91. The number of aliphatic hydroxyl groups excluding tert-OH is 1. The van der Waals surface area contributed by atoms with E-state index in [1.54, 1.807) is 12.1 Å². The molecular formula is C9H11NO4. The number of rotatable bonds is 3. The number of nitrogen functional groups attached to an aromatic ring is 1. The van der Waals surface area contributed by atoms with Gasteiger partial charge in [-0.2, -0.15) is 0 Å². The van der Waals surface area contributed by atoms with Crippen LogP contribution in [0.5, 0.6) is 5.75 Å². The summed E-state index contributed by atoms with van der Waals surface area (Å²) in [6.07, 6.45) is -1.62. The van der Waals surface area contributed by atoms with Crippen LogP contribution in [0.4, 0.5) is 5.69 Å². The van der Waals surface area contributed by atoms with E-state index in [4.69, 9.17) is 15.6 Å². The summed E-state index contributed by atoms with van der Waals surface area (Å²) in [5, 5.41) is 17.9. The second kappa shape index (κ2) is 3.97. The summed E-state index contributed by atoms with van der Waals surface area (Å²) in [6, 6.07) is 4.57. The van der Waals surface area contributed by atoms with Gasteiger partial charge in [0.1, 0.15) is 5.75 Å². The molecule has 0 aromatic heterocycles. The monoisotopic (exact) mass is 197 g/mol. The largest absolute Gasteiger partial charge is 0.494 e.